The molecule has 118 valence electrons. The molecule has 1 aliphatic heterocycles. The number of nitrogens with zero attached hydrogens (tertiary/aromatic N) is 1. The van der Waals surface area contributed by atoms with Crippen LogP contribution in [0.2, 0.25) is 0 Å². The number of methoxy groups -OCH3 is 1. The monoisotopic (exact) mass is 290 g/mol. The number of nitrogens with one attached hydrogen (secondary N) is 1. The fourth-order valence-corrected chi connectivity index (χ4v) is 3.03. The summed E-state index contributed by atoms with van der Waals surface area (Å²) in [5.74, 6) is 1.70. The molecular weight excluding hydrogens is 260 g/mol. The molecule has 0 spiro atoms. The Labute approximate surface area is 129 Å². The molecule has 1 fully saturated rings. The zero-order chi connectivity index (χ0) is 15.5. The van der Waals surface area contributed by atoms with E-state index in [1.54, 1.807) is 7.11 Å². The predicted molar refractivity (Wildman–Crippen MR) is 88.7 cm³/mol. The van der Waals surface area contributed by atoms with Crippen LogP contribution in [0.25, 0.3) is 0 Å². The van der Waals surface area contributed by atoms with Gasteiger partial charge >= 0.3 is 0 Å². The van der Waals surface area contributed by atoms with Crippen molar-refractivity contribution < 1.29 is 4.74 Å². The molecule has 0 saturated carbocycles. The second kappa shape index (κ2) is 6.80. The molecule has 1 saturated heterocycles. The summed E-state index contributed by atoms with van der Waals surface area (Å²) in [7, 11) is 1.75. The molecule has 21 heavy (non-hydrogen) atoms. The highest BCUT2D eigenvalue weighted by Gasteiger charge is 2.35. The predicted octanol–water partition coefficient (Wildman–Crippen LogP) is 3.29. The van der Waals surface area contributed by atoms with Crippen LogP contribution in [0.5, 0.6) is 5.75 Å². The van der Waals surface area contributed by atoms with E-state index in [4.69, 9.17) is 4.74 Å². The van der Waals surface area contributed by atoms with E-state index < -0.39 is 0 Å². The first-order valence-electron chi connectivity index (χ1n) is 8.08. The Hall–Kier alpha value is -1.06. The first-order chi connectivity index (χ1) is 9.97. The lowest BCUT2D eigenvalue weighted by Gasteiger charge is -2.47. The van der Waals surface area contributed by atoms with Crippen molar-refractivity contribution >= 4 is 0 Å². The highest BCUT2D eigenvalue weighted by Crippen LogP contribution is 2.27. The van der Waals surface area contributed by atoms with Gasteiger partial charge in [-0.15, -0.1) is 0 Å². The quantitative estimate of drug-likeness (QED) is 0.900. The Morgan fingerprint density at radius 2 is 2.10 bits per heavy atom. The van der Waals surface area contributed by atoms with Crippen LogP contribution < -0.4 is 10.1 Å². The number of ether oxygens (including phenoxy) is 1. The maximum absolute atomic E-state index is 5.51. The number of piperazine rings is 1. The fraction of sp³-hybridized carbons (Fsp3) is 0.667. The first kappa shape index (κ1) is 16.3. The lowest BCUT2D eigenvalue weighted by molar-refractivity contribution is 0.0443. The molecule has 0 amide bonds. The van der Waals surface area contributed by atoms with Gasteiger partial charge in [-0.05, 0) is 25.8 Å². The number of rotatable bonds is 5. The van der Waals surface area contributed by atoms with Gasteiger partial charge in [0.05, 0.1) is 7.11 Å². The van der Waals surface area contributed by atoms with E-state index >= 15 is 0 Å². The molecule has 1 aromatic carbocycles. The number of para-hydroxylation sites is 1. The third-order valence-electron chi connectivity index (χ3n) is 4.95. The van der Waals surface area contributed by atoms with Crippen LogP contribution in [-0.4, -0.2) is 36.7 Å². The summed E-state index contributed by atoms with van der Waals surface area (Å²) in [4.78, 5) is 2.60. The molecule has 1 N–H and O–H groups in total. The fourth-order valence-electron chi connectivity index (χ4n) is 3.03. The van der Waals surface area contributed by atoms with Gasteiger partial charge in [0.25, 0.3) is 0 Å². The summed E-state index contributed by atoms with van der Waals surface area (Å²) in [5.41, 5.74) is 1.45. The molecule has 2 atom stereocenters. The van der Waals surface area contributed by atoms with Gasteiger partial charge in [0.1, 0.15) is 5.75 Å². The Morgan fingerprint density at radius 3 is 2.76 bits per heavy atom. The summed E-state index contributed by atoms with van der Waals surface area (Å²) in [6.45, 7) is 12.3. The highest BCUT2D eigenvalue weighted by atomic mass is 16.5. The molecule has 0 aromatic heterocycles. The summed E-state index contributed by atoms with van der Waals surface area (Å²) in [5, 5.41) is 3.73. The van der Waals surface area contributed by atoms with Crippen LogP contribution in [0.4, 0.5) is 0 Å². The third kappa shape index (κ3) is 3.78. The standard InChI is InChI=1S/C18H30N2O/c1-6-14(2)16-12-20(18(3,4)13-19-16)11-15-9-7-8-10-17(15)21-5/h7-10,14,16,19H,6,11-13H2,1-5H3. The van der Waals surface area contributed by atoms with E-state index in [1.807, 2.05) is 6.07 Å². The van der Waals surface area contributed by atoms with Gasteiger partial charge in [-0.1, -0.05) is 38.5 Å². The molecule has 3 heteroatoms. The van der Waals surface area contributed by atoms with Crippen LogP contribution in [0, 0.1) is 5.92 Å². The molecule has 1 aliphatic rings. The molecule has 1 heterocycles. The van der Waals surface area contributed by atoms with Crippen molar-refractivity contribution in [1.29, 1.82) is 0 Å². The number of benzene rings is 1. The minimum Gasteiger partial charge on any atom is -0.496 e. The maximum Gasteiger partial charge on any atom is 0.123 e. The third-order valence-corrected chi connectivity index (χ3v) is 4.95. The van der Waals surface area contributed by atoms with Crippen molar-refractivity contribution in [2.24, 2.45) is 5.92 Å². The highest BCUT2D eigenvalue weighted by molar-refractivity contribution is 5.33. The molecule has 0 aliphatic carbocycles. The van der Waals surface area contributed by atoms with Gasteiger partial charge in [-0.2, -0.15) is 0 Å². The Kier molecular flexibility index (Phi) is 5.28. The van der Waals surface area contributed by atoms with Crippen LogP contribution in [0.3, 0.4) is 0 Å². The summed E-state index contributed by atoms with van der Waals surface area (Å²) in [6, 6.07) is 8.94. The van der Waals surface area contributed by atoms with Crippen molar-refractivity contribution in [3.8, 4) is 5.75 Å². The number of hydrogen-bond acceptors (Lipinski definition) is 3. The summed E-state index contributed by atoms with van der Waals surface area (Å²) < 4.78 is 5.51. The second-order valence-corrected chi connectivity index (χ2v) is 6.88. The SMILES string of the molecule is CCC(C)C1CN(Cc2ccccc2OC)C(C)(C)CN1. The van der Waals surface area contributed by atoms with Crippen LogP contribution >= 0.6 is 0 Å². The van der Waals surface area contributed by atoms with Crippen molar-refractivity contribution in [3.63, 3.8) is 0 Å². The maximum atomic E-state index is 5.51. The van der Waals surface area contributed by atoms with Crippen LogP contribution in [0.15, 0.2) is 24.3 Å². The van der Waals surface area contributed by atoms with Gasteiger partial charge in [0, 0.05) is 36.8 Å². The van der Waals surface area contributed by atoms with E-state index in [2.05, 4.69) is 56.1 Å². The molecule has 1 aromatic rings. The van der Waals surface area contributed by atoms with E-state index in [9.17, 15) is 0 Å². The van der Waals surface area contributed by atoms with E-state index in [-0.39, 0.29) is 5.54 Å². The summed E-state index contributed by atoms with van der Waals surface area (Å²) in [6.07, 6.45) is 1.22. The molecule has 0 bridgehead atoms. The van der Waals surface area contributed by atoms with Crippen molar-refractivity contribution in [2.45, 2.75) is 52.2 Å². The van der Waals surface area contributed by atoms with Crippen LogP contribution in [0.1, 0.15) is 39.7 Å². The molecule has 0 radical (unpaired) electrons. The van der Waals surface area contributed by atoms with E-state index in [1.165, 1.54) is 12.0 Å². The lowest BCUT2D eigenvalue weighted by Crippen LogP contribution is -2.62. The van der Waals surface area contributed by atoms with Crippen molar-refractivity contribution in [2.75, 3.05) is 20.2 Å². The Morgan fingerprint density at radius 1 is 1.38 bits per heavy atom. The molecular formula is C18H30N2O. The lowest BCUT2D eigenvalue weighted by atomic mass is 9.90. The topological polar surface area (TPSA) is 24.5 Å². The normalized spacial score (nSPS) is 23.8. The van der Waals surface area contributed by atoms with E-state index in [0.717, 1.165) is 25.4 Å². The Bertz CT molecular complexity index is 458. The zero-order valence-electron chi connectivity index (χ0n) is 14.1. The van der Waals surface area contributed by atoms with E-state index in [0.29, 0.717) is 12.0 Å². The molecule has 2 unspecified atom stereocenters. The van der Waals surface area contributed by atoms with Gasteiger partial charge < -0.3 is 10.1 Å². The zero-order valence-corrected chi connectivity index (χ0v) is 14.1. The van der Waals surface area contributed by atoms with Gasteiger partial charge in [0.15, 0.2) is 0 Å². The van der Waals surface area contributed by atoms with Gasteiger partial charge in [-0.25, -0.2) is 0 Å². The van der Waals surface area contributed by atoms with Gasteiger partial charge in [-0.3, -0.25) is 4.90 Å². The minimum atomic E-state index is 0.171. The van der Waals surface area contributed by atoms with Gasteiger partial charge in [0.2, 0.25) is 0 Å². The average Bonchev–Trinajstić information content (AvgIpc) is 2.49. The molecule has 2 rings (SSSR count). The largest absolute Gasteiger partial charge is 0.496 e. The number of hydrogen-bond donors (Lipinski definition) is 1. The smallest absolute Gasteiger partial charge is 0.123 e. The average molecular weight is 290 g/mol. The summed E-state index contributed by atoms with van der Waals surface area (Å²) >= 11 is 0. The van der Waals surface area contributed by atoms with Crippen molar-refractivity contribution in [1.82, 2.24) is 10.2 Å². The minimum absolute atomic E-state index is 0.171. The van der Waals surface area contributed by atoms with Crippen LogP contribution in [-0.2, 0) is 6.54 Å². The molecule has 3 nitrogen and oxygen atoms in total. The Balaban J connectivity index is 2.14. The first-order valence-corrected chi connectivity index (χ1v) is 8.08. The second-order valence-electron chi connectivity index (χ2n) is 6.88. The van der Waals surface area contributed by atoms with Crippen molar-refractivity contribution in [3.05, 3.63) is 29.8 Å².